The highest BCUT2D eigenvalue weighted by Crippen LogP contribution is 2.19. The van der Waals surface area contributed by atoms with Crippen LogP contribution in [0.3, 0.4) is 0 Å². The van der Waals surface area contributed by atoms with Crippen molar-refractivity contribution in [2.24, 2.45) is 0 Å². The number of nitrogens with one attached hydrogen (secondary N) is 1. The topological polar surface area (TPSA) is 48.3 Å². The summed E-state index contributed by atoms with van der Waals surface area (Å²) in [6, 6.07) is 7.77. The molecular weight excluding hydrogens is 294 g/mol. The first-order valence-electron chi connectivity index (χ1n) is 5.79. The molecule has 0 spiro atoms. The molecule has 0 heterocycles. The van der Waals surface area contributed by atoms with Crippen molar-refractivity contribution in [3.05, 3.63) is 28.2 Å². The van der Waals surface area contributed by atoms with Crippen LogP contribution in [0, 0.1) is 11.3 Å². The van der Waals surface area contributed by atoms with E-state index in [1.807, 2.05) is 26.2 Å². The van der Waals surface area contributed by atoms with E-state index in [0.717, 1.165) is 23.3 Å². The number of nitrogens with zero attached hydrogens (tertiary/aromatic N) is 2. The normalized spacial score (nSPS) is 10.4. The lowest BCUT2D eigenvalue weighted by molar-refractivity contribution is 0.126. The van der Waals surface area contributed by atoms with E-state index in [0.29, 0.717) is 18.7 Å². The van der Waals surface area contributed by atoms with E-state index in [1.54, 1.807) is 6.07 Å². The molecule has 0 aliphatic carbocycles. The number of hydrogen-bond acceptors (Lipinski definition) is 4. The average molecular weight is 312 g/mol. The minimum Gasteiger partial charge on any atom is -0.382 e. The first-order valence-corrected chi connectivity index (χ1v) is 6.59. The van der Waals surface area contributed by atoms with Gasteiger partial charge in [-0.05, 0) is 32.3 Å². The molecule has 0 saturated heterocycles. The number of rotatable bonds is 7. The molecule has 0 bridgehead atoms. The summed E-state index contributed by atoms with van der Waals surface area (Å²) in [5.74, 6) is 0. The van der Waals surface area contributed by atoms with Gasteiger partial charge in [-0.25, -0.2) is 0 Å². The Morgan fingerprint density at radius 3 is 2.83 bits per heavy atom. The number of nitriles is 1. The Morgan fingerprint density at radius 1 is 1.39 bits per heavy atom. The Balaban J connectivity index is 2.29. The predicted molar refractivity (Wildman–Crippen MR) is 76.7 cm³/mol. The lowest BCUT2D eigenvalue weighted by atomic mass is 10.2. The molecule has 0 aromatic heterocycles. The Bertz CT molecular complexity index is 415. The molecule has 0 amide bonds. The van der Waals surface area contributed by atoms with Crippen LogP contribution in [0.2, 0.25) is 0 Å². The highest BCUT2D eigenvalue weighted by molar-refractivity contribution is 9.10. The van der Waals surface area contributed by atoms with Gasteiger partial charge >= 0.3 is 0 Å². The van der Waals surface area contributed by atoms with Crippen molar-refractivity contribution >= 4 is 21.6 Å². The minimum absolute atomic E-state index is 0.634. The molecule has 5 heteroatoms. The van der Waals surface area contributed by atoms with Crippen LogP contribution in [0.25, 0.3) is 0 Å². The molecule has 0 saturated carbocycles. The van der Waals surface area contributed by atoms with Crippen molar-refractivity contribution < 1.29 is 4.74 Å². The third kappa shape index (κ3) is 5.50. The van der Waals surface area contributed by atoms with E-state index < -0.39 is 0 Å². The Labute approximate surface area is 117 Å². The zero-order valence-electron chi connectivity index (χ0n) is 10.7. The molecule has 1 aromatic carbocycles. The molecule has 0 aliphatic heterocycles. The quantitative estimate of drug-likeness (QED) is 0.785. The lowest BCUT2D eigenvalue weighted by Gasteiger charge is -2.11. The fourth-order valence-corrected chi connectivity index (χ4v) is 1.73. The molecule has 0 fully saturated rings. The SMILES string of the molecule is CN(C)CCOCCNc1ccc(Br)cc1C#N. The number of benzene rings is 1. The molecule has 0 unspecified atom stereocenters. The van der Waals surface area contributed by atoms with Gasteiger partial charge < -0.3 is 15.0 Å². The summed E-state index contributed by atoms with van der Waals surface area (Å²) in [5.41, 5.74) is 1.48. The maximum Gasteiger partial charge on any atom is 0.101 e. The average Bonchev–Trinajstić information content (AvgIpc) is 2.34. The van der Waals surface area contributed by atoms with Crippen molar-refractivity contribution in [1.82, 2.24) is 4.90 Å². The summed E-state index contributed by atoms with van der Waals surface area (Å²) >= 11 is 3.34. The van der Waals surface area contributed by atoms with Gasteiger partial charge in [0, 0.05) is 17.6 Å². The van der Waals surface area contributed by atoms with Gasteiger partial charge in [0.05, 0.1) is 24.5 Å². The third-order valence-corrected chi connectivity index (χ3v) is 2.84. The molecule has 0 radical (unpaired) electrons. The van der Waals surface area contributed by atoms with Crippen molar-refractivity contribution in [2.45, 2.75) is 0 Å². The van der Waals surface area contributed by atoms with E-state index in [9.17, 15) is 0 Å². The van der Waals surface area contributed by atoms with Gasteiger partial charge in [0.1, 0.15) is 6.07 Å². The van der Waals surface area contributed by atoms with Crippen LogP contribution in [0.4, 0.5) is 5.69 Å². The van der Waals surface area contributed by atoms with Gasteiger partial charge in [0.15, 0.2) is 0 Å². The van der Waals surface area contributed by atoms with Crippen LogP contribution in [0.1, 0.15) is 5.56 Å². The number of ether oxygens (including phenoxy) is 1. The molecule has 0 aliphatic rings. The zero-order valence-corrected chi connectivity index (χ0v) is 12.3. The van der Waals surface area contributed by atoms with Crippen LogP contribution in [-0.2, 0) is 4.74 Å². The van der Waals surface area contributed by atoms with Crippen LogP contribution in [-0.4, -0.2) is 45.3 Å². The summed E-state index contributed by atoms with van der Waals surface area (Å²) in [6.45, 7) is 2.97. The molecule has 1 aromatic rings. The molecule has 98 valence electrons. The number of likely N-dealkylation sites (N-methyl/N-ethyl adjacent to an activating group) is 1. The van der Waals surface area contributed by atoms with Crippen molar-refractivity contribution in [3.8, 4) is 6.07 Å². The molecule has 1 N–H and O–H groups in total. The van der Waals surface area contributed by atoms with Gasteiger partial charge in [-0.2, -0.15) is 5.26 Å². The summed E-state index contributed by atoms with van der Waals surface area (Å²) < 4.78 is 6.38. The Morgan fingerprint density at radius 2 is 2.17 bits per heavy atom. The van der Waals surface area contributed by atoms with Crippen LogP contribution >= 0.6 is 15.9 Å². The largest absolute Gasteiger partial charge is 0.382 e. The monoisotopic (exact) mass is 311 g/mol. The molecule has 0 atom stereocenters. The minimum atomic E-state index is 0.634. The fourth-order valence-electron chi connectivity index (χ4n) is 1.37. The van der Waals surface area contributed by atoms with Gasteiger partial charge in [-0.1, -0.05) is 15.9 Å². The smallest absolute Gasteiger partial charge is 0.101 e. The van der Waals surface area contributed by atoms with E-state index in [-0.39, 0.29) is 0 Å². The highest BCUT2D eigenvalue weighted by atomic mass is 79.9. The summed E-state index contributed by atoms with van der Waals surface area (Å²) in [7, 11) is 4.03. The second kappa shape index (κ2) is 8.09. The first-order chi connectivity index (χ1) is 8.63. The van der Waals surface area contributed by atoms with Crippen LogP contribution in [0.15, 0.2) is 22.7 Å². The van der Waals surface area contributed by atoms with Crippen molar-refractivity contribution in [2.75, 3.05) is 45.7 Å². The number of anilines is 1. The fraction of sp³-hybridized carbons (Fsp3) is 0.462. The third-order valence-electron chi connectivity index (χ3n) is 2.35. The highest BCUT2D eigenvalue weighted by Gasteiger charge is 2.01. The number of halogens is 1. The van der Waals surface area contributed by atoms with E-state index in [4.69, 9.17) is 10.00 Å². The predicted octanol–water partition coefficient (Wildman–Crippen LogP) is 2.31. The van der Waals surface area contributed by atoms with E-state index >= 15 is 0 Å². The second-order valence-electron chi connectivity index (χ2n) is 4.14. The van der Waals surface area contributed by atoms with Crippen LogP contribution in [0.5, 0.6) is 0 Å². The maximum absolute atomic E-state index is 9.00. The summed E-state index contributed by atoms with van der Waals surface area (Å²) in [4.78, 5) is 2.08. The molecule has 18 heavy (non-hydrogen) atoms. The standard InChI is InChI=1S/C13H18BrN3O/c1-17(2)6-8-18-7-5-16-13-4-3-12(14)9-11(13)10-15/h3-4,9,16H,5-8H2,1-2H3. The van der Waals surface area contributed by atoms with E-state index in [2.05, 4.69) is 32.2 Å². The molecule has 1 rings (SSSR count). The Hall–Kier alpha value is -1.09. The second-order valence-corrected chi connectivity index (χ2v) is 5.06. The zero-order chi connectivity index (χ0) is 13.4. The lowest BCUT2D eigenvalue weighted by Crippen LogP contribution is -2.20. The summed E-state index contributed by atoms with van der Waals surface area (Å²) in [6.07, 6.45) is 0. The van der Waals surface area contributed by atoms with E-state index in [1.165, 1.54) is 0 Å². The summed E-state index contributed by atoms with van der Waals surface area (Å²) in [5, 5.41) is 12.2. The molecular formula is C13H18BrN3O. The van der Waals surface area contributed by atoms with Crippen molar-refractivity contribution in [1.29, 1.82) is 5.26 Å². The maximum atomic E-state index is 9.00. The first kappa shape index (κ1) is 15.0. The van der Waals surface area contributed by atoms with Gasteiger partial charge in [0.2, 0.25) is 0 Å². The Kier molecular flexibility index (Phi) is 6.73. The van der Waals surface area contributed by atoms with Crippen LogP contribution < -0.4 is 5.32 Å². The van der Waals surface area contributed by atoms with Gasteiger partial charge in [-0.15, -0.1) is 0 Å². The molecule has 4 nitrogen and oxygen atoms in total. The number of hydrogen-bond donors (Lipinski definition) is 1. The van der Waals surface area contributed by atoms with Crippen molar-refractivity contribution in [3.63, 3.8) is 0 Å². The van der Waals surface area contributed by atoms with Gasteiger partial charge in [0.25, 0.3) is 0 Å². The van der Waals surface area contributed by atoms with Gasteiger partial charge in [-0.3, -0.25) is 0 Å².